The van der Waals surface area contributed by atoms with Gasteiger partial charge in [0.1, 0.15) is 15.8 Å². The van der Waals surface area contributed by atoms with Crippen LogP contribution < -0.4 is 5.32 Å². The van der Waals surface area contributed by atoms with Crippen molar-refractivity contribution >= 4 is 34.0 Å². The summed E-state index contributed by atoms with van der Waals surface area (Å²) in [6.45, 7) is 6.39. The van der Waals surface area contributed by atoms with Crippen molar-refractivity contribution in [3.8, 4) is 10.6 Å². The van der Waals surface area contributed by atoms with Crippen molar-refractivity contribution in [2.75, 3.05) is 32.0 Å². The van der Waals surface area contributed by atoms with Crippen molar-refractivity contribution in [3.05, 3.63) is 35.5 Å². The van der Waals surface area contributed by atoms with Gasteiger partial charge in [-0.05, 0) is 38.4 Å². The summed E-state index contributed by atoms with van der Waals surface area (Å²) in [4.78, 5) is 21.1. The summed E-state index contributed by atoms with van der Waals surface area (Å²) in [7, 11) is 2.09. The van der Waals surface area contributed by atoms with Gasteiger partial charge in [-0.1, -0.05) is 23.5 Å². The monoisotopic (exact) mass is 382 g/mol. The molecule has 1 fully saturated rings. The van der Waals surface area contributed by atoms with Crippen molar-refractivity contribution in [3.63, 3.8) is 0 Å². The lowest BCUT2D eigenvalue weighted by molar-refractivity contribution is 0.125. The van der Waals surface area contributed by atoms with Crippen molar-refractivity contribution in [2.24, 2.45) is 0 Å². The molecule has 0 aliphatic carbocycles. The lowest BCUT2D eigenvalue weighted by atomic mass is 10.1. The summed E-state index contributed by atoms with van der Waals surface area (Å²) in [5.41, 5.74) is 1.02. The number of anilines is 1. The van der Waals surface area contributed by atoms with Crippen LogP contribution in [0.4, 0.5) is 10.6 Å². The molecule has 1 saturated heterocycles. The van der Waals surface area contributed by atoms with E-state index in [1.165, 1.54) is 0 Å². The number of piperazine rings is 1. The minimum Gasteiger partial charge on any atom is -0.322 e. The Hall–Kier alpha value is -2.58. The highest BCUT2D eigenvalue weighted by Crippen LogP contribution is 2.27. The molecule has 2 aromatic heterocycles. The highest BCUT2D eigenvalue weighted by atomic mass is 32.1. The number of carbonyl (C=O) groups is 1. The molecule has 3 heterocycles. The molecule has 140 valence electrons. The number of rotatable bonds is 2. The minimum absolute atomic E-state index is 0.0993. The molecule has 0 saturated carbocycles. The second-order valence-corrected chi connectivity index (χ2v) is 8.15. The molecular formula is C19H22N6OS. The number of fused-ring (bicyclic) bond motifs is 1. The van der Waals surface area contributed by atoms with Gasteiger partial charge < -0.3 is 9.80 Å². The first kappa shape index (κ1) is 17.8. The Morgan fingerprint density at radius 2 is 2.07 bits per heavy atom. The maximum Gasteiger partial charge on any atom is 0.323 e. The number of benzene rings is 1. The van der Waals surface area contributed by atoms with Crippen molar-refractivity contribution in [1.82, 2.24) is 25.0 Å². The van der Waals surface area contributed by atoms with Gasteiger partial charge in [-0.15, -0.1) is 10.2 Å². The number of hydrogen-bond donors (Lipinski definition) is 1. The fraction of sp³-hybridized carbons (Fsp3) is 0.368. The average molecular weight is 382 g/mol. The third-order valence-electron chi connectivity index (χ3n) is 4.98. The molecule has 0 unspecified atom stereocenters. The number of carbonyl (C=O) groups excluding carboxylic acids is 1. The molecule has 7 nitrogen and oxygen atoms in total. The van der Waals surface area contributed by atoms with Gasteiger partial charge in [0.25, 0.3) is 0 Å². The summed E-state index contributed by atoms with van der Waals surface area (Å²) < 4.78 is 0. The van der Waals surface area contributed by atoms with E-state index in [0.29, 0.717) is 11.9 Å². The van der Waals surface area contributed by atoms with Gasteiger partial charge in [0.15, 0.2) is 0 Å². The maximum atomic E-state index is 12.6. The van der Waals surface area contributed by atoms with E-state index in [0.717, 1.165) is 46.0 Å². The molecule has 1 N–H and O–H groups in total. The fourth-order valence-corrected chi connectivity index (χ4v) is 3.87. The van der Waals surface area contributed by atoms with Crippen LogP contribution in [0.1, 0.15) is 11.9 Å². The number of hydrogen-bond acceptors (Lipinski definition) is 6. The molecule has 1 aliphatic rings. The van der Waals surface area contributed by atoms with E-state index in [-0.39, 0.29) is 6.03 Å². The smallest absolute Gasteiger partial charge is 0.322 e. The van der Waals surface area contributed by atoms with Gasteiger partial charge in [-0.2, -0.15) is 0 Å². The van der Waals surface area contributed by atoms with Gasteiger partial charge in [0, 0.05) is 42.8 Å². The van der Waals surface area contributed by atoms with Crippen molar-refractivity contribution in [1.29, 1.82) is 0 Å². The van der Waals surface area contributed by atoms with E-state index in [1.54, 1.807) is 17.5 Å². The van der Waals surface area contributed by atoms with Crippen LogP contribution in [0.5, 0.6) is 0 Å². The van der Waals surface area contributed by atoms with Crippen LogP contribution in [0.25, 0.3) is 21.3 Å². The van der Waals surface area contributed by atoms with Gasteiger partial charge in [0.2, 0.25) is 0 Å². The third-order valence-corrected chi connectivity index (χ3v) is 5.86. The van der Waals surface area contributed by atoms with Gasteiger partial charge in [0.05, 0.1) is 0 Å². The van der Waals surface area contributed by atoms with E-state index in [9.17, 15) is 4.79 Å². The quantitative estimate of drug-likeness (QED) is 0.737. The number of nitrogens with zero attached hydrogens (tertiary/aromatic N) is 5. The summed E-state index contributed by atoms with van der Waals surface area (Å²) in [5, 5.41) is 15.1. The Bertz CT molecular complexity index is 987. The van der Waals surface area contributed by atoms with Crippen LogP contribution in [0, 0.1) is 6.92 Å². The van der Waals surface area contributed by atoms with Crippen molar-refractivity contribution in [2.45, 2.75) is 19.9 Å². The number of urea groups is 1. The summed E-state index contributed by atoms with van der Waals surface area (Å²) in [6.07, 6.45) is 1.78. The lowest BCUT2D eigenvalue weighted by Crippen LogP contribution is -2.53. The Kier molecular flexibility index (Phi) is 4.75. The summed E-state index contributed by atoms with van der Waals surface area (Å²) in [6, 6.07) is 8.26. The van der Waals surface area contributed by atoms with Crippen LogP contribution in [0.3, 0.4) is 0 Å². The number of aromatic nitrogens is 3. The van der Waals surface area contributed by atoms with E-state index in [4.69, 9.17) is 0 Å². The number of pyridine rings is 1. The predicted octanol–water partition coefficient (Wildman–Crippen LogP) is 3.23. The zero-order chi connectivity index (χ0) is 19.0. The van der Waals surface area contributed by atoms with E-state index in [1.807, 2.05) is 30.0 Å². The molecule has 8 heteroatoms. The van der Waals surface area contributed by atoms with Crippen LogP contribution in [-0.2, 0) is 0 Å². The van der Waals surface area contributed by atoms with Crippen molar-refractivity contribution < 1.29 is 4.79 Å². The van der Waals surface area contributed by atoms with E-state index in [2.05, 4.69) is 45.4 Å². The number of amides is 2. The molecule has 1 aliphatic heterocycles. The zero-order valence-corrected chi connectivity index (χ0v) is 16.5. The second kappa shape index (κ2) is 7.21. The maximum absolute atomic E-state index is 12.6. The Labute approximate surface area is 162 Å². The average Bonchev–Trinajstić information content (AvgIpc) is 3.09. The SMILES string of the molecule is Cc1nnc(-c2ccc3cnc(NC(=O)N4CCN(C)[C@H](C)C4)cc3c2)s1. The molecule has 27 heavy (non-hydrogen) atoms. The normalized spacial score (nSPS) is 18.0. The molecule has 2 amide bonds. The second-order valence-electron chi connectivity index (χ2n) is 6.96. The number of likely N-dealkylation sites (N-methyl/N-ethyl adjacent to an activating group) is 1. The van der Waals surface area contributed by atoms with Crippen LogP contribution >= 0.6 is 11.3 Å². The molecule has 1 atom stereocenters. The first-order chi connectivity index (χ1) is 13.0. The third kappa shape index (κ3) is 3.77. The highest BCUT2D eigenvalue weighted by Gasteiger charge is 2.24. The predicted molar refractivity (Wildman–Crippen MR) is 108 cm³/mol. The lowest BCUT2D eigenvalue weighted by Gasteiger charge is -2.37. The highest BCUT2D eigenvalue weighted by molar-refractivity contribution is 7.14. The fourth-order valence-electron chi connectivity index (χ4n) is 3.18. The Balaban J connectivity index is 1.54. The summed E-state index contributed by atoms with van der Waals surface area (Å²) in [5.74, 6) is 0.560. The standard InChI is InChI=1S/C19H22N6OS/c1-12-11-25(7-6-24(12)3)19(26)21-17-9-16-8-14(4-5-15(16)10-20-17)18-23-22-13(2)27-18/h4-5,8-10,12H,6-7,11H2,1-3H3,(H,20,21,26)/t12-/m1/s1. The molecule has 0 bridgehead atoms. The Morgan fingerprint density at radius 1 is 1.22 bits per heavy atom. The largest absolute Gasteiger partial charge is 0.323 e. The number of nitrogens with one attached hydrogen (secondary N) is 1. The minimum atomic E-state index is -0.0993. The molecular weight excluding hydrogens is 360 g/mol. The Morgan fingerprint density at radius 3 is 2.81 bits per heavy atom. The van der Waals surface area contributed by atoms with Crippen LogP contribution in [0.15, 0.2) is 30.5 Å². The van der Waals surface area contributed by atoms with Gasteiger partial charge >= 0.3 is 6.03 Å². The molecule has 4 rings (SSSR count). The van der Waals surface area contributed by atoms with Gasteiger partial charge in [-0.25, -0.2) is 9.78 Å². The summed E-state index contributed by atoms with van der Waals surface area (Å²) >= 11 is 1.57. The molecule has 1 aromatic carbocycles. The van der Waals surface area contributed by atoms with E-state index < -0.39 is 0 Å². The molecule has 0 radical (unpaired) electrons. The molecule has 0 spiro atoms. The first-order valence-corrected chi connectivity index (χ1v) is 9.78. The first-order valence-electron chi connectivity index (χ1n) is 8.96. The number of aryl methyl sites for hydroxylation is 1. The van der Waals surface area contributed by atoms with E-state index >= 15 is 0 Å². The topological polar surface area (TPSA) is 74.2 Å². The van der Waals surface area contributed by atoms with Gasteiger partial charge in [-0.3, -0.25) is 5.32 Å². The van der Waals surface area contributed by atoms with Crippen LogP contribution in [0.2, 0.25) is 0 Å². The zero-order valence-electron chi connectivity index (χ0n) is 15.6. The van der Waals surface area contributed by atoms with Crippen LogP contribution in [-0.4, -0.2) is 63.7 Å². The molecule has 3 aromatic rings.